The van der Waals surface area contributed by atoms with Gasteiger partial charge in [-0.15, -0.1) is 0 Å². The molecule has 1 aliphatic heterocycles. The van der Waals surface area contributed by atoms with Crippen LogP contribution in [0, 0.1) is 0 Å². The number of amides is 2. The first kappa shape index (κ1) is 11.2. The van der Waals surface area contributed by atoms with Crippen molar-refractivity contribution in [2.45, 2.75) is 18.8 Å². The van der Waals surface area contributed by atoms with Crippen LogP contribution in [0.25, 0.3) is 21.9 Å². The predicted molar refractivity (Wildman–Crippen MR) is 68.9 cm³/mol. The van der Waals surface area contributed by atoms with Crippen molar-refractivity contribution >= 4 is 33.8 Å². The van der Waals surface area contributed by atoms with Crippen LogP contribution in [0.2, 0.25) is 0 Å². The zero-order valence-electron chi connectivity index (χ0n) is 10.4. The van der Waals surface area contributed by atoms with E-state index in [1.807, 2.05) is 6.07 Å². The van der Waals surface area contributed by atoms with Crippen LogP contribution in [0.5, 0.6) is 0 Å². The van der Waals surface area contributed by atoms with Crippen LogP contribution in [0.15, 0.2) is 33.4 Å². The number of piperidine rings is 1. The van der Waals surface area contributed by atoms with E-state index in [4.69, 9.17) is 8.94 Å². The van der Waals surface area contributed by atoms with Crippen molar-refractivity contribution in [2.75, 3.05) is 0 Å². The number of rotatable bonds is 1. The van der Waals surface area contributed by atoms with Gasteiger partial charge in [0.15, 0.2) is 5.58 Å². The Morgan fingerprint density at radius 2 is 2.05 bits per heavy atom. The maximum absolute atomic E-state index is 12.0. The topological polar surface area (TPSA) is 85.3 Å². The quantitative estimate of drug-likeness (QED) is 0.684. The molecular formula is C14H10N2O4. The van der Waals surface area contributed by atoms with E-state index in [1.165, 1.54) is 0 Å². The van der Waals surface area contributed by atoms with Gasteiger partial charge in [0.25, 0.3) is 0 Å². The molecular weight excluding hydrogens is 260 g/mol. The highest BCUT2D eigenvalue weighted by molar-refractivity contribution is 6.08. The molecule has 1 N–H and O–H groups in total. The summed E-state index contributed by atoms with van der Waals surface area (Å²) in [5.74, 6) is -1.03. The molecule has 0 bridgehead atoms. The minimum absolute atomic E-state index is 0.243. The van der Waals surface area contributed by atoms with Crippen LogP contribution in [0.4, 0.5) is 0 Å². The fraction of sp³-hybridized carbons (Fsp3) is 0.214. The van der Waals surface area contributed by atoms with E-state index in [2.05, 4.69) is 10.5 Å². The molecule has 6 nitrogen and oxygen atoms in total. The molecule has 0 spiro atoms. The number of fused-ring (bicyclic) bond motifs is 3. The number of nitrogens with one attached hydrogen (secondary N) is 1. The molecule has 1 saturated heterocycles. The van der Waals surface area contributed by atoms with Gasteiger partial charge < -0.3 is 8.94 Å². The van der Waals surface area contributed by atoms with E-state index in [9.17, 15) is 9.59 Å². The SMILES string of the molecule is O=C1CC[C@@H](c2noc3ccc4occc4c23)C(=O)N1. The summed E-state index contributed by atoms with van der Waals surface area (Å²) in [6.45, 7) is 0. The Morgan fingerprint density at radius 1 is 1.20 bits per heavy atom. The van der Waals surface area contributed by atoms with Gasteiger partial charge in [-0.3, -0.25) is 14.9 Å². The summed E-state index contributed by atoms with van der Waals surface area (Å²) in [6, 6.07) is 5.39. The largest absolute Gasteiger partial charge is 0.464 e. The van der Waals surface area contributed by atoms with Crippen LogP contribution in [-0.4, -0.2) is 17.0 Å². The summed E-state index contributed by atoms with van der Waals surface area (Å²) >= 11 is 0. The number of furan rings is 1. The zero-order valence-corrected chi connectivity index (χ0v) is 10.4. The van der Waals surface area contributed by atoms with Crippen molar-refractivity contribution in [3.8, 4) is 0 Å². The molecule has 1 aliphatic rings. The minimum Gasteiger partial charge on any atom is -0.464 e. The lowest BCUT2D eigenvalue weighted by Gasteiger charge is -2.18. The number of imide groups is 1. The first-order chi connectivity index (χ1) is 9.74. The van der Waals surface area contributed by atoms with Gasteiger partial charge >= 0.3 is 0 Å². The second kappa shape index (κ2) is 3.93. The van der Waals surface area contributed by atoms with Gasteiger partial charge in [0, 0.05) is 11.8 Å². The first-order valence-corrected chi connectivity index (χ1v) is 6.33. The highest BCUT2D eigenvalue weighted by atomic mass is 16.5. The molecule has 0 radical (unpaired) electrons. The van der Waals surface area contributed by atoms with Gasteiger partial charge in [-0.2, -0.15) is 0 Å². The number of aromatic nitrogens is 1. The Hall–Kier alpha value is -2.63. The summed E-state index contributed by atoms with van der Waals surface area (Å²) in [5, 5.41) is 8.02. The van der Waals surface area contributed by atoms with Crippen LogP contribution in [-0.2, 0) is 9.59 Å². The first-order valence-electron chi connectivity index (χ1n) is 6.33. The van der Waals surface area contributed by atoms with E-state index in [-0.39, 0.29) is 11.8 Å². The Balaban J connectivity index is 1.93. The molecule has 20 heavy (non-hydrogen) atoms. The molecule has 4 rings (SSSR count). The normalized spacial score (nSPS) is 19.7. The van der Waals surface area contributed by atoms with Crippen LogP contribution in [0.1, 0.15) is 24.5 Å². The molecule has 6 heteroatoms. The third kappa shape index (κ3) is 1.48. The lowest BCUT2D eigenvalue weighted by molar-refractivity contribution is -0.134. The van der Waals surface area contributed by atoms with Gasteiger partial charge in [0.2, 0.25) is 11.8 Å². The minimum atomic E-state index is -0.463. The average Bonchev–Trinajstić information content (AvgIpc) is 3.03. The highest BCUT2D eigenvalue weighted by Crippen LogP contribution is 2.35. The Bertz CT molecular complexity index is 845. The van der Waals surface area contributed by atoms with Crippen molar-refractivity contribution in [2.24, 2.45) is 0 Å². The summed E-state index contributed by atoms with van der Waals surface area (Å²) in [6.07, 6.45) is 2.35. The van der Waals surface area contributed by atoms with Gasteiger partial charge in [-0.05, 0) is 24.6 Å². The molecule has 1 atom stereocenters. The molecule has 0 unspecified atom stereocenters. The molecule has 3 heterocycles. The van der Waals surface area contributed by atoms with Gasteiger partial charge in [-0.25, -0.2) is 0 Å². The predicted octanol–water partition coefficient (Wildman–Crippen LogP) is 2.09. The monoisotopic (exact) mass is 270 g/mol. The highest BCUT2D eigenvalue weighted by Gasteiger charge is 2.32. The third-order valence-corrected chi connectivity index (χ3v) is 3.66. The van der Waals surface area contributed by atoms with Crippen molar-refractivity contribution in [1.29, 1.82) is 0 Å². The van der Waals surface area contributed by atoms with Gasteiger partial charge in [-0.1, -0.05) is 5.16 Å². The lowest BCUT2D eigenvalue weighted by atomic mass is 9.92. The number of nitrogens with zero attached hydrogens (tertiary/aromatic N) is 1. The van der Waals surface area contributed by atoms with E-state index in [1.54, 1.807) is 18.4 Å². The Labute approximate surface area is 112 Å². The van der Waals surface area contributed by atoms with Crippen molar-refractivity contribution in [3.05, 3.63) is 30.2 Å². The zero-order chi connectivity index (χ0) is 13.7. The van der Waals surface area contributed by atoms with Crippen molar-refractivity contribution in [1.82, 2.24) is 10.5 Å². The molecule has 1 aromatic carbocycles. The number of carbonyl (C=O) groups is 2. The van der Waals surface area contributed by atoms with Crippen molar-refractivity contribution < 1.29 is 18.5 Å². The second-order valence-corrected chi connectivity index (χ2v) is 4.84. The van der Waals surface area contributed by atoms with E-state index in [0.717, 1.165) is 10.8 Å². The van der Waals surface area contributed by atoms with Gasteiger partial charge in [0.05, 0.1) is 17.6 Å². The molecule has 3 aromatic rings. The summed E-state index contributed by atoms with van der Waals surface area (Å²) < 4.78 is 10.7. The van der Waals surface area contributed by atoms with E-state index >= 15 is 0 Å². The van der Waals surface area contributed by atoms with Crippen molar-refractivity contribution in [3.63, 3.8) is 0 Å². The second-order valence-electron chi connectivity index (χ2n) is 4.84. The fourth-order valence-electron chi connectivity index (χ4n) is 2.70. The molecule has 0 aliphatic carbocycles. The average molecular weight is 270 g/mol. The number of benzene rings is 1. The molecule has 2 aromatic heterocycles. The summed E-state index contributed by atoms with van der Waals surface area (Å²) in [7, 11) is 0. The lowest BCUT2D eigenvalue weighted by Crippen LogP contribution is -2.39. The molecule has 0 saturated carbocycles. The van der Waals surface area contributed by atoms with Crippen LogP contribution < -0.4 is 5.32 Å². The van der Waals surface area contributed by atoms with Gasteiger partial charge in [0.1, 0.15) is 11.3 Å². The fourth-order valence-corrected chi connectivity index (χ4v) is 2.70. The van der Waals surface area contributed by atoms with Crippen LogP contribution in [0.3, 0.4) is 0 Å². The molecule has 2 amide bonds. The molecule has 100 valence electrons. The summed E-state index contributed by atoms with van der Waals surface area (Å²) in [5.41, 5.74) is 1.89. The smallest absolute Gasteiger partial charge is 0.235 e. The number of hydrogen-bond donors (Lipinski definition) is 1. The Morgan fingerprint density at radius 3 is 2.90 bits per heavy atom. The maximum Gasteiger partial charge on any atom is 0.235 e. The maximum atomic E-state index is 12.0. The summed E-state index contributed by atoms with van der Waals surface area (Å²) in [4.78, 5) is 23.2. The van der Waals surface area contributed by atoms with E-state index in [0.29, 0.717) is 29.7 Å². The van der Waals surface area contributed by atoms with E-state index < -0.39 is 5.92 Å². The molecule has 1 fully saturated rings. The standard InChI is InChI=1S/C14H10N2O4/c17-11-4-1-8(14(18)15-11)13-12-7-5-6-19-9(7)2-3-10(12)20-16-13/h2-3,5-6,8H,1,4H2,(H,15,17,18)/t8-/m0/s1. The third-order valence-electron chi connectivity index (χ3n) is 3.66. The van der Waals surface area contributed by atoms with Crippen LogP contribution >= 0.6 is 0 Å². The number of carbonyl (C=O) groups excluding carboxylic acids is 2. The number of hydrogen-bond acceptors (Lipinski definition) is 5. The Kier molecular flexibility index (Phi) is 2.20.